The number of aliphatic hydroxyl groups excluding tert-OH is 1. The number of nitrogens with one attached hydrogen (secondary N) is 1. The molecule has 2 rings (SSSR count). The van der Waals surface area contributed by atoms with Crippen molar-refractivity contribution in [1.29, 1.82) is 0 Å². The molecule has 0 fully saturated rings. The highest BCUT2D eigenvalue weighted by Crippen LogP contribution is 2.44. The van der Waals surface area contributed by atoms with Crippen molar-refractivity contribution in [2.24, 2.45) is 0 Å². The maximum atomic E-state index is 9.70. The van der Waals surface area contributed by atoms with Crippen LogP contribution in [0.2, 0.25) is 0 Å². The second kappa shape index (κ2) is 3.86. The second-order valence-corrected chi connectivity index (χ2v) is 5.42. The molecule has 1 atom stereocenters. The van der Waals surface area contributed by atoms with E-state index in [1.54, 1.807) is 0 Å². The van der Waals surface area contributed by atoms with E-state index in [0.29, 0.717) is 0 Å². The third-order valence-electron chi connectivity index (χ3n) is 4.10. The quantitative estimate of drug-likeness (QED) is 0.799. The lowest BCUT2D eigenvalue weighted by molar-refractivity contribution is 0.136. The number of hydrogen-bond acceptors (Lipinski definition) is 2. The first kappa shape index (κ1) is 11.6. The summed E-state index contributed by atoms with van der Waals surface area (Å²) in [6.45, 7) is 4.72. The largest absolute Gasteiger partial charge is 0.394 e. The van der Waals surface area contributed by atoms with Gasteiger partial charge in [0.15, 0.2) is 0 Å². The molecule has 0 saturated carbocycles. The van der Waals surface area contributed by atoms with E-state index < -0.39 is 0 Å². The van der Waals surface area contributed by atoms with Crippen LogP contribution < -0.4 is 5.32 Å². The van der Waals surface area contributed by atoms with Crippen LogP contribution in [0.15, 0.2) is 24.3 Å². The Labute approximate surface area is 97.7 Å². The summed E-state index contributed by atoms with van der Waals surface area (Å²) < 4.78 is 0. The van der Waals surface area contributed by atoms with Crippen molar-refractivity contribution in [2.75, 3.05) is 13.7 Å². The molecule has 1 aromatic rings. The summed E-state index contributed by atoms with van der Waals surface area (Å²) in [5, 5.41) is 13.0. The molecule has 0 aromatic heterocycles. The highest BCUT2D eigenvalue weighted by atomic mass is 16.3. The Morgan fingerprint density at radius 3 is 2.38 bits per heavy atom. The first-order valence-corrected chi connectivity index (χ1v) is 5.95. The van der Waals surface area contributed by atoms with E-state index >= 15 is 0 Å². The van der Waals surface area contributed by atoms with Crippen LogP contribution in [0.3, 0.4) is 0 Å². The standard InChI is InChI=1S/C14H21NO/c1-13(2)8-9-14(10-16,15-3)12-7-5-4-6-11(12)13/h4-7,15-16H,8-10H2,1-3H3. The van der Waals surface area contributed by atoms with Gasteiger partial charge in [0.2, 0.25) is 0 Å². The predicted molar refractivity (Wildman–Crippen MR) is 66.5 cm³/mol. The summed E-state index contributed by atoms with van der Waals surface area (Å²) in [6.07, 6.45) is 2.09. The lowest BCUT2D eigenvalue weighted by Gasteiger charge is -2.44. The van der Waals surface area contributed by atoms with Crippen molar-refractivity contribution in [3.63, 3.8) is 0 Å². The van der Waals surface area contributed by atoms with Crippen molar-refractivity contribution in [2.45, 2.75) is 37.6 Å². The maximum absolute atomic E-state index is 9.70. The smallest absolute Gasteiger partial charge is 0.0669 e. The van der Waals surface area contributed by atoms with Gasteiger partial charge < -0.3 is 10.4 Å². The Bertz CT molecular complexity index is 380. The summed E-state index contributed by atoms with van der Waals surface area (Å²) in [6, 6.07) is 8.48. The Kier molecular flexibility index (Phi) is 2.81. The normalized spacial score (nSPS) is 27.5. The predicted octanol–water partition coefficient (Wildman–Crippen LogP) is 2.17. The van der Waals surface area contributed by atoms with Crippen molar-refractivity contribution >= 4 is 0 Å². The SMILES string of the molecule is CNC1(CO)CCC(C)(C)c2ccccc21. The van der Waals surface area contributed by atoms with Gasteiger partial charge in [0.1, 0.15) is 0 Å². The summed E-state index contributed by atoms with van der Waals surface area (Å²) in [5.74, 6) is 0. The van der Waals surface area contributed by atoms with E-state index in [2.05, 4.69) is 43.4 Å². The molecule has 0 spiro atoms. The summed E-state index contributed by atoms with van der Waals surface area (Å²) in [5.41, 5.74) is 2.60. The molecule has 0 heterocycles. The number of fused-ring (bicyclic) bond motifs is 1. The Hall–Kier alpha value is -0.860. The minimum absolute atomic E-state index is 0.163. The lowest BCUT2D eigenvalue weighted by Crippen LogP contribution is -2.49. The van der Waals surface area contributed by atoms with Crippen molar-refractivity contribution in [1.82, 2.24) is 5.32 Å². The molecule has 2 heteroatoms. The zero-order valence-corrected chi connectivity index (χ0v) is 10.4. The van der Waals surface area contributed by atoms with Gasteiger partial charge in [-0.1, -0.05) is 38.1 Å². The lowest BCUT2D eigenvalue weighted by atomic mass is 9.65. The van der Waals surface area contributed by atoms with E-state index in [-0.39, 0.29) is 17.6 Å². The van der Waals surface area contributed by atoms with Gasteiger partial charge >= 0.3 is 0 Å². The minimum Gasteiger partial charge on any atom is -0.394 e. The minimum atomic E-state index is -0.244. The summed E-state index contributed by atoms with van der Waals surface area (Å²) in [7, 11) is 1.94. The van der Waals surface area contributed by atoms with Gasteiger partial charge in [0, 0.05) is 0 Å². The fraction of sp³-hybridized carbons (Fsp3) is 0.571. The molecule has 0 radical (unpaired) electrons. The Morgan fingerprint density at radius 2 is 1.81 bits per heavy atom. The zero-order valence-electron chi connectivity index (χ0n) is 10.4. The van der Waals surface area contributed by atoms with Gasteiger partial charge in [-0.15, -0.1) is 0 Å². The highest BCUT2D eigenvalue weighted by molar-refractivity contribution is 5.41. The van der Waals surface area contributed by atoms with Gasteiger partial charge in [-0.25, -0.2) is 0 Å². The molecule has 2 nitrogen and oxygen atoms in total. The monoisotopic (exact) mass is 219 g/mol. The highest BCUT2D eigenvalue weighted by Gasteiger charge is 2.41. The van der Waals surface area contributed by atoms with Gasteiger partial charge in [0.05, 0.1) is 12.1 Å². The summed E-state index contributed by atoms with van der Waals surface area (Å²) in [4.78, 5) is 0. The van der Waals surface area contributed by atoms with E-state index in [0.717, 1.165) is 12.8 Å². The first-order chi connectivity index (χ1) is 7.56. The van der Waals surface area contributed by atoms with Crippen molar-refractivity contribution in [3.05, 3.63) is 35.4 Å². The van der Waals surface area contributed by atoms with Crippen molar-refractivity contribution in [3.8, 4) is 0 Å². The van der Waals surface area contributed by atoms with Crippen molar-refractivity contribution < 1.29 is 5.11 Å². The Balaban J connectivity index is 2.59. The van der Waals surface area contributed by atoms with E-state index in [1.807, 2.05) is 7.05 Å². The van der Waals surface area contributed by atoms with Crippen LogP contribution in [-0.2, 0) is 11.0 Å². The van der Waals surface area contributed by atoms with Gasteiger partial charge in [-0.2, -0.15) is 0 Å². The van der Waals surface area contributed by atoms with Crippen LogP contribution in [-0.4, -0.2) is 18.8 Å². The van der Waals surface area contributed by atoms with Gasteiger partial charge in [0.25, 0.3) is 0 Å². The fourth-order valence-electron chi connectivity index (χ4n) is 2.79. The molecule has 16 heavy (non-hydrogen) atoms. The van der Waals surface area contributed by atoms with Crippen LogP contribution in [0.4, 0.5) is 0 Å². The van der Waals surface area contributed by atoms with Gasteiger partial charge in [-0.05, 0) is 36.4 Å². The van der Waals surface area contributed by atoms with Crippen LogP contribution in [0, 0.1) is 0 Å². The van der Waals surface area contributed by atoms with Gasteiger partial charge in [-0.3, -0.25) is 0 Å². The number of benzene rings is 1. The zero-order chi connectivity index (χ0) is 11.8. The molecule has 0 saturated heterocycles. The molecule has 1 unspecified atom stereocenters. The number of likely N-dealkylation sites (N-methyl/N-ethyl adjacent to an activating group) is 1. The average Bonchev–Trinajstić information content (AvgIpc) is 2.31. The summed E-state index contributed by atoms with van der Waals surface area (Å²) >= 11 is 0. The molecular formula is C14H21NO. The average molecular weight is 219 g/mol. The molecule has 0 amide bonds. The number of rotatable bonds is 2. The third-order valence-corrected chi connectivity index (χ3v) is 4.10. The fourth-order valence-corrected chi connectivity index (χ4v) is 2.79. The van der Waals surface area contributed by atoms with E-state index in [1.165, 1.54) is 11.1 Å². The molecular weight excluding hydrogens is 198 g/mol. The molecule has 1 aliphatic rings. The van der Waals surface area contributed by atoms with Crippen LogP contribution >= 0.6 is 0 Å². The first-order valence-electron chi connectivity index (χ1n) is 5.95. The molecule has 2 N–H and O–H groups in total. The van der Waals surface area contributed by atoms with Crippen LogP contribution in [0.1, 0.15) is 37.8 Å². The maximum Gasteiger partial charge on any atom is 0.0669 e. The second-order valence-electron chi connectivity index (χ2n) is 5.42. The van der Waals surface area contributed by atoms with Crippen LogP contribution in [0.25, 0.3) is 0 Å². The molecule has 88 valence electrons. The molecule has 1 aliphatic carbocycles. The molecule has 0 aliphatic heterocycles. The Morgan fingerprint density at radius 1 is 1.19 bits per heavy atom. The molecule has 1 aromatic carbocycles. The van der Waals surface area contributed by atoms with Crippen LogP contribution in [0.5, 0.6) is 0 Å². The molecule has 0 bridgehead atoms. The number of hydrogen-bond donors (Lipinski definition) is 2. The number of aliphatic hydroxyl groups is 1. The van der Waals surface area contributed by atoms with E-state index in [4.69, 9.17) is 0 Å². The topological polar surface area (TPSA) is 32.3 Å². The third kappa shape index (κ3) is 1.57. The van der Waals surface area contributed by atoms with E-state index in [9.17, 15) is 5.11 Å².